The lowest BCUT2D eigenvalue weighted by molar-refractivity contribution is -0.117. The fourth-order valence-electron chi connectivity index (χ4n) is 2.09. The lowest BCUT2D eigenvalue weighted by Crippen LogP contribution is -2.35. The molecular weight excluding hydrogens is 506 g/mol. The van der Waals surface area contributed by atoms with E-state index >= 15 is 0 Å². The van der Waals surface area contributed by atoms with Crippen molar-refractivity contribution in [3.8, 4) is 0 Å². The number of carbonyl (C=O) groups excluding carboxylic acids is 2. The zero-order valence-electron chi connectivity index (χ0n) is 11.2. The van der Waals surface area contributed by atoms with Crippen LogP contribution in [-0.2, 0) is 9.59 Å². The topological polar surface area (TPSA) is 49.4 Å². The molecule has 2 aromatic rings. The Bertz CT molecular complexity index is 785. The lowest BCUT2D eigenvalue weighted by atomic mass is 10.1. The molecule has 0 aromatic heterocycles. The van der Waals surface area contributed by atoms with Gasteiger partial charge in [-0.1, -0.05) is 12.1 Å². The summed E-state index contributed by atoms with van der Waals surface area (Å²) in [5, 5.41) is 1.28. The predicted octanol–water partition coefficient (Wildman–Crippen LogP) is 3.36. The van der Waals surface area contributed by atoms with Crippen molar-refractivity contribution in [2.24, 2.45) is 0 Å². The number of hydrogen-bond donors (Lipinski definition) is 1. The smallest absolute Gasteiger partial charge is 0.267 e. The van der Waals surface area contributed by atoms with Gasteiger partial charge in [0, 0.05) is 7.14 Å². The molecule has 0 saturated carbocycles. The summed E-state index contributed by atoms with van der Waals surface area (Å²) in [6.45, 7) is 0. The first-order valence-electron chi connectivity index (χ1n) is 6.43. The Labute approximate surface area is 154 Å². The van der Waals surface area contributed by atoms with Crippen molar-refractivity contribution in [1.29, 1.82) is 0 Å². The van der Waals surface area contributed by atoms with E-state index in [4.69, 9.17) is 0 Å². The van der Waals surface area contributed by atoms with Crippen LogP contribution in [0.15, 0.2) is 54.1 Å². The number of halogens is 2. The number of anilines is 1. The minimum absolute atomic E-state index is 0.139. The van der Waals surface area contributed by atoms with Crippen molar-refractivity contribution in [2.75, 3.05) is 5.01 Å². The molecule has 0 spiro atoms. The molecule has 0 atom stereocenters. The molecule has 1 N–H and O–H groups in total. The third-order valence-corrected chi connectivity index (χ3v) is 4.53. The van der Waals surface area contributed by atoms with Gasteiger partial charge in [-0.2, -0.15) is 0 Å². The fourth-order valence-corrected chi connectivity index (χ4v) is 3.02. The van der Waals surface area contributed by atoms with Crippen LogP contribution >= 0.6 is 45.2 Å². The standard InChI is InChI=1S/C16H10I2N2O2/c17-11-4-6-13(7-5-11)20-16(22)14(15(21)19-20)9-10-2-1-3-12(18)8-10/h1-9H,(H,19,21). The van der Waals surface area contributed by atoms with Crippen molar-refractivity contribution >= 4 is 68.8 Å². The summed E-state index contributed by atoms with van der Waals surface area (Å²) in [6.07, 6.45) is 1.62. The van der Waals surface area contributed by atoms with Crippen LogP contribution in [-0.4, -0.2) is 11.8 Å². The van der Waals surface area contributed by atoms with Crippen LogP contribution in [0, 0.1) is 7.14 Å². The minimum atomic E-state index is -0.387. The van der Waals surface area contributed by atoms with E-state index in [1.54, 1.807) is 18.2 Å². The van der Waals surface area contributed by atoms with Gasteiger partial charge < -0.3 is 0 Å². The molecule has 1 aliphatic rings. The summed E-state index contributed by atoms with van der Waals surface area (Å²) < 4.78 is 2.11. The highest BCUT2D eigenvalue weighted by Crippen LogP contribution is 2.22. The molecule has 3 rings (SSSR count). The second kappa shape index (κ2) is 6.37. The van der Waals surface area contributed by atoms with Crippen LogP contribution < -0.4 is 10.4 Å². The molecule has 4 nitrogen and oxygen atoms in total. The maximum atomic E-state index is 12.5. The van der Waals surface area contributed by atoms with Crippen LogP contribution in [0.2, 0.25) is 0 Å². The lowest BCUT2D eigenvalue weighted by Gasteiger charge is -2.14. The number of rotatable bonds is 2. The van der Waals surface area contributed by atoms with E-state index < -0.39 is 0 Å². The van der Waals surface area contributed by atoms with E-state index in [0.29, 0.717) is 5.69 Å². The molecule has 1 aliphatic heterocycles. The number of hydrogen-bond acceptors (Lipinski definition) is 2. The molecule has 0 bridgehead atoms. The maximum Gasteiger partial charge on any atom is 0.282 e. The number of nitrogens with zero attached hydrogens (tertiary/aromatic N) is 1. The van der Waals surface area contributed by atoms with Crippen molar-refractivity contribution in [2.45, 2.75) is 0 Å². The molecule has 0 unspecified atom stereocenters. The van der Waals surface area contributed by atoms with Gasteiger partial charge in [0.05, 0.1) is 5.69 Å². The van der Waals surface area contributed by atoms with Crippen LogP contribution in [0.25, 0.3) is 6.08 Å². The Morgan fingerprint density at radius 3 is 2.36 bits per heavy atom. The summed E-state index contributed by atoms with van der Waals surface area (Å²) in [5.74, 6) is -0.729. The van der Waals surface area contributed by atoms with Gasteiger partial charge in [0.15, 0.2) is 0 Å². The summed E-state index contributed by atoms with van der Waals surface area (Å²) in [6, 6.07) is 15.0. The molecule has 6 heteroatoms. The molecule has 1 fully saturated rings. The molecule has 22 heavy (non-hydrogen) atoms. The number of benzene rings is 2. The molecule has 2 aromatic carbocycles. The van der Waals surface area contributed by atoms with E-state index in [-0.39, 0.29) is 17.4 Å². The normalized spacial score (nSPS) is 16.3. The predicted molar refractivity (Wildman–Crippen MR) is 102 cm³/mol. The highest BCUT2D eigenvalue weighted by atomic mass is 127. The van der Waals surface area contributed by atoms with Crippen molar-refractivity contribution < 1.29 is 9.59 Å². The van der Waals surface area contributed by atoms with Gasteiger partial charge in [-0.25, -0.2) is 5.01 Å². The summed E-state index contributed by atoms with van der Waals surface area (Å²) in [7, 11) is 0. The molecule has 1 saturated heterocycles. The molecule has 0 aliphatic carbocycles. The number of carbonyl (C=O) groups is 2. The minimum Gasteiger partial charge on any atom is -0.267 e. The van der Waals surface area contributed by atoms with E-state index in [1.165, 1.54) is 5.01 Å². The first kappa shape index (κ1) is 15.5. The van der Waals surface area contributed by atoms with Gasteiger partial charge in [0.25, 0.3) is 11.8 Å². The molecule has 110 valence electrons. The Balaban J connectivity index is 1.93. The van der Waals surface area contributed by atoms with Gasteiger partial charge in [-0.3, -0.25) is 15.0 Å². The van der Waals surface area contributed by atoms with Crippen LogP contribution in [0.5, 0.6) is 0 Å². The Morgan fingerprint density at radius 1 is 0.955 bits per heavy atom. The monoisotopic (exact) mass is 516 g/mol. The number of nitrogens with one attached hydrogen (secondary N) is 1. The highest BCUT2D eigenvalue weighted by molar-refractivity contribution is 14.1. The van der Waals surface area contributed by atoms with Crippen molar-refractivity contribution in [3.05, 3.63) is 66.8 Å². The third kappa shape index (κ3) is 3.17. The van der Waals surface area contributed by atoms with Gasteiger partial charge in [-0.05, 0) is 93.2 Å². The third-order valence-electron chi connectivity index (χ3n) is 3.14. The summed E-state index contributed by atoms with van der Waals surface area (Å²) in [4.78, 5) is 24.5. The fraction of sp³-hybridized carbons (Fsp3) is 0. The number of hydrazine groups is 1. The van der Waals surface area contributed by atoms with Crippen molar-refractivity contribution in [3.63, 3.8) is 0 Å². The summed E-state index contributed by atoms with van der Waals surface area (Å²) >= 11 is 4.38. The first-order chi connectivity index (χ1) is 10.5. The highest BCUT2D eigenvalue weighted by Gasteiger charge is 2.34. The average molecular weight is 516 g/mol. The zero-order chi connectivity index (χ0) is 15.7. The Hall–Kier alpha value is -1.42. The SMILES string of the molecule is O=C1NN(c2ccc(I)cc2)C(=O)C1=Cc1cccc(I)c1. The van der Waals surface area contributed by atoms with Crippen LogP contribution in [0.4, 0.5) is 5.69 Å². The van der Waals surface area contributed by atoms with Gasteiger partial charge in [0.1, 0.15) is 5.57 Å². The molecule has 0 radical (unpaired) electrons. The zero-order valence-corrected chi connectivity index (χ0v) is 15.5. The molecular formula is C16H10I2N2O2. The van der Waals surface area contributed by atoms with E-state index in [1.807, 2.05) is 36.4 Å². The Kier molecular flexibility index (Phi) is 4.48. The average Bonchev–Trinajstić information content (AvgIpc) is 2.76. The van der Waals surface area contributed by atoms with Crippen LogP contribution in [0.3, 0.4) is 0 Å². The Morgan fingerprint density at radius 2 is 1.68 bits per heavy atom. The van der Waals surface area contributed by atoms with E-state index in [2.05, 4.69) is 50.6 Å². The quantitative estimate of drug-likeness (QED) is 0.379. The molecule has 2 amide bonds. The van der Waals surface area contributed by atoms with Gasteiger partial charge in [0.2, 0.25) is 0 Å². The van der Waals surface area contributed by atoms with E-state index in [9.17, 15) is 9.59 Å². The van der Waals surface area contributed by atoms with Gasteiger partial charge in [-0.15, -0.1) is 0 Å². The summed E-state index contributed by atoms with van der Waals surface area (Å²) in [5.41, 5.74) is 4.21. The van der Waals surface area contributed by atoms with Crippen molar-refractivity contribution in [1.82, 2.24) is 5.43 Å². The van der Waals surface area contributed by atoms with Gasteiger partial charge >= 0.3 is 0 Å². The number of amides is 2. The maximum absolute atomic E-state index is 12.5. The molecule has 1 heterocycles. The first-order valence-corrected chi connectivity index (χ1v) is 8.58. The second-order valence-electron chi connectivity index (χ2n) is 4.67. The second-order valence-corrected chi connectivity index (χ2v) is 7.16. The van der Waals surface area contributed by atoms with Crippen LogP contribution in [0.1, 0.15) is 5.56 Å². The van der Waals surface area contributed by atoms with E-state index in [0.717, 1.165) is 12.7 Å². The largest absolute Gasteiger partial charge is 0.282 e.